The number of aromatic nitrogens is 2. The Morgan fingerprint density at radius 2 is 2.21 bits per heavy atom. The topological polar surface area (TPSA) is 29.9 Å². The maximum Gasteiger partial charge on any atom is 0.0629 e. The van der Waals surface area contributed by atoms with Crippen molar-refractivity contribution in [1.82, 2.24) is 15.1 Å². The average molecular weight is 296 g/mol. The van der Waals surface area contributed by atoms with Crippen LogP contribution in [-0.4, -0.2) is 15.8 Å². The second kappa shape index (κ2) is 6.46. The van der Waals surface area contributed by atoms with Gasteiger partial charge in [0.15, 0.2) is 0 Å². The number of halogens is 1. The second-order valence-electron chi connectivity index (χ2n) is 4.72. The van der Waals surface area contributed by atoms with Crippen LogP contribution in [0.5, 0.6) is 0 Å². The molecule has 3 nitrogen and oxygen atoms in total. The lowest BCUT2D eigenvalue weighted by Gasteiger charge is -2.13. The summed E-state index contributed by atoms with van der Waals surface area (Å²) in [4.78, 5) is 2.20. The molecule has 0 spiro atoms. The Hall–Kier alpha value is -0.970. The smallest absolute Gasteiger partial charge is 0.0629 e. The van der Waals surface area contributed by atoms with Gasteiger partial charge in [0.2, 0.25) is 0 Å². The lowest BCUT2D eigenvalue weighted by molar-refractivity contribution is 0.585. The summed E-state index contributed by atoms with van der Waals surface area (Å²) < 4.78 is 1.80. The van der Waals surface area contributed by atoms with E-state index in [0.717, 1.165) is 21.4 Å². The Balaban J connectivity index is 2.22. The fraction of sp³-hybridized carbons (Fsp3) is 0.357. The molecule has 0 amide bonds. The Kier molecular flexibility index (Phi) is 4.91. The van der Waals surface area contributed by atoms with Crippen molar-refractivity contribution in [1.29, 1.82) is 0 Å². The van der Waals surface area contributed by atoms with E-state index in [1.165, 1.54) is 5.56 Å². The summed E-state index contributed by atoms with van der Waals surface area (Å²) in [6.45, 7) is 5.10. The number of nitrogens with one attached hydrogen (secondary N) is 1. The molecule has 1 heterocycles. The molecule has 19 heavy (non-hydrogen) atoms. The minimum Gasteiger partial charge on any atom is -0.310 e. The molecule has 1 N–H and O–H groups in total. The number of rotatable bonds is 5. The fourth-order valence-corrected chi connectivity index (χ4v) is 2.98. The molecule has 102 valence electrons. The molecule has 5 heteroatoms. The zero-order valence-electron chi connectivity index (χ0n) is 11.4. The van der Waals surface area contributed by atoms with Crippen LogP contribution in [0.1, 0.15) is 19.4 Å². The van der Waals surface area contributed by atoms with Crippen LogP contribution in [0.2, 0.25) is 5.02 Å². The third-order valence-corrected chi connectivity index (χ3v) is 4.21. The van der Waals surface area contributed by atoms with E-state index in [2.05, 4.69) is 30.3 Å². The van der Waals surface area contributed by atoms with Crippen molar-refractivity contribution in [2.45, 2.75) is 36.2 Å². The number of nitrogens with zero attached hydrogens (tertiary/aromatic N) is 2. The first-order chi connectivity index (χ1) is 9.06. The van der Waals surface area contributed by atoms with Gasteiger partial charge in [0.25, 0.3) is 0 Å². The quantitative estimate of drug-likeness (QED) is 0.912. The van der Waals surface area contributed by atoms with E-state index in [1.54, 1.807) is 16.4 Å². The van der Waals surface area contributed by atoms with E-state index in [0.29, 0.717) is 6.04 Å². The molecule has 0 bridgehead atoms. The summed E-state index contributed by atoms with van der Waals surface area (Å²) in [5.41, 5.74) is 1.22. The molecular weight excluding hydrogens is 278 g/mol. The maximum absolute atomic E-state index is 6.33. The number of aryl methyl sites for hydroxylation is 1. The molecule has 2 rings (SSSR count). The van der Waals surface area contributed by atoms with Crippen LogP contribution in [0.3, 0.4) is 0 Å². The monoisotopic (exact) mass is 295 g/mol. The maximum atomic E-state index is 6.33. The molecule has 0 fully saturated rings. The summed E-state index contributed by atoms with van der Waals surface area (Å²) in [5.74, 6) is 0. The van der Waals surface area contributed by atoms with Gasteiger partial charge in [-0.25, -0.2) is 0 Å². The summed E-state index contributed by atoms with van der Waals surface area (Å²) in [6.07, 6.45) is 3.85. The van der Waals surface area contributed by atoms with Gasteiger partial charge >= 0.3 is 0 Å². The van der Waals surface area contributed by atoms with E-state index >= 15 is 0 Å². The molecule has 0 unspecified atom stereocenters. The van der Waals surface area contributed by atoms with Crippen molar-refractivity contribution in [3.63, 3.8) is 0 Å². The summed E-state index contributed by atoms with van der Waals surface area (Å²) in [5, 5.41) is 8.40. The molecule has 1 aromatic heterocycles. The fourth-order valence-electron chi connectivity index (χ4n) is 1.69. The molecule has 2 aromatic rings. The van der Waals surface area contributed by atoms with Gasteiger partial charge in [0, 0.05) is 30.7 Å². The second-order valence-corrected chi connectivity index (χ2v) is 6.21. The van der Waals surface area contributed by atoms with Gasteiger partial charge in [-0.15, -0.1) is 0 Å². The summed E-state index contributed by atoms with van der Waals surface area (Å²) >= 11 is 7.98. The third kappa shape index (κ3) is 4.00. The highest BCUT2D eigenvalue weighted by Gasteiger charge is 2.10. The van der Waals surface area contributed by atoms with Gasteiger partial charge in [0.05, 0.1) is 16.1 Å². The molecule has 1 aromatic carbocycles. The standard InChI is InChI=1S/C14H18ClN3S/c1-10(2)16-7-11-5-4-6-13(15)14(11)19-12-8-17-18(3)9-12/h4-6,8-10,16H,7H2,1-3H3. The highest BCUT2D eigenvalue weighted by atomic mass is 35.5. The first-order valence-corrected chi connectivity index (χ1v) is 7.43. The van der Waals surface area contributed by atoms with Gasteiger partial charge in [-0.05, 0) is 11.6 Å². The number of hydrogen-bond donors (Lipinski definition) is 1. The Morgan fingerprint density at radius 3 is 2.84 bits per heavy atom. The minimum absolute atomic E-state index is 0.454. The third-order valence-electron chi connectivity index (χ3n) is 2.65. The predicted molar refractivity (Wildman–Crippen MR) is 80.8 cm³/mol. The molecule has 0 atom stereocenters. The van der Waals surface area contributed by atoms with Crippen LogP contribution < -0.4 is 5.32 Å². The average Bonchev–Trinajstić information content (AvgIpc) is 2.75. The van der Waals surface area contributed by atoms with Crippen LogP contribution in [0.4, 0.5) is 0 Å². The summed E-state index contributed by atoms with van der Waals surface area (Å²) in [7, 11) is 1.91. The molecule has 0 saturated carbocycles. The van der Waals surface area contributed by atoms with Crippen LogP contribution in [0, 0.1) is 0 Å². The zero-order chi connectivity index (χ0) is 13.8. The molecular formula is C14H18ClN3S. The van der Waals surface area contributed by atoms with Crippen molar-refractivity contribution in [3.8, 4) is 0 Å². The highest BCUT2D eigenvalue weighted by molar-refractivity contribution is 7.99. The largest absolute Gasteiger partial charge is 0.310 e. The highest BCUT2D eigenvalue weighted by Crippen LogP contribution is 2.35. The Morgan fingerprint density at radius 1 is 1.42 bits per heavy atom. The Bertz CT molecular complexity index is 551. The zero-order valence-corrected chi connectivity index (χ0v) is 12.9. The van der Waals surface area contributed by atoms with Crippen LogP contribution in [0.15, 0.2) is 40.4 Å². The van der Waals surface area contributed by atoms with Crippen LogP contribution >= 0.6 is 23.4 Å². The lowest BCUT2D eigenvalue weighted by atomic mass is 10.2. The normalized spacial score (nSPS) is 11.2. The summed E-state index contributed by atoms with van der Waals surface area (Å²) in [6, 6.07) is 6.49. The van der Waals surface area contributed by atoms with Gasteiger partial charge in [-0.1, -0.05) is 49.3 Å². The van der Waals surface area contributed by atoms with Crippen LogP contribution in [-0.2, 0) is 13.6 Å². The van der Waals surface area contributed by atoms with E-state index in [4.69, 9.17) is 11.6 Å². The predicted octanol–water partition coefficient (Wildman–Crippen LogP) is 3.72. The van der Waals surface area contributed by atoms with Crippen molar-refractivity contribution in [2.75, 3.05) is 0 Å². The number of benzene rings is 1. The van der Waals surface area contributed by atoms with Gasteiger partial charge in [0.1, 0.15) is 0 Å². The SMILES string of the molecule is CC(C)NCc1cccc(Cl)c1Sc1cnn(C)c1. The molecule has 0 aliphatic carbocycles. The number of hydrogen-bond acceptors (Lipinski definition) is 3. The molecule has 0 saturated heterocycles. The van der Waals surface area contributed by atoms with E-state index < -0.39 is 0 Å². The lowest BCUT2D eigenvalue weighted by Crippen LogP contribution is -2.22. The van der Waals surface area contributed by atoms with Gasteiger partial charge in [-0.2, -0.15) is 5.10 Å². The van der Waals surface area contributed by atoms with E-state index in [1.807, 2.05) is 31.6 Å². The molecule has 0 aliphatic heterocycles. The van der Waals surface area contributed by atoms with Crippen molar-refractivity contribution in [2.24, 2.45) is 7.05 Å². The molecule has 0 aliphatic rings. The van der Waals surface area contributed by atoms with Gasteiger partial charge < -0.3 is 5.32 Å². The van der Waals surface area contributed by atoms with Gasteiger partial charge in [-0.3, -0.25) is 4.68 Å². The minimum atomic E-state index is 0.454. The van der Waals surface area contributed by atoms with E-state index in [-0.39, 0.29) is 0 Å². The Labute approximate surface area is 123 Å². The van der Waals surface area contributed by atoms with Crippen molar-refractivity contribution >= 4 is 23.4 Å². The first-order valence-electron chi connectivity index (χ1n) is 6.23. The van der Waals surface area contributed by atoms with E-state index in [9.17, 15) is 0 Å². The first kappa shape index (κ1) is 14.4. The van der Waals surface area contributed by atoms with Crippen LogP contribution in [0.25, 0.3) is 0 Å². The van der Waals surface area contributed by atoms with Crippen molar-refractivity contribution < 1.29 is 0 Å². The van der Waals surface area contributed by atoms with Crippen molar-refractivity contribution in [3.05, 3.63) is 41.2 Å². The molecule has 0 radical (unpaired) electrons.